The maximum atomic E-state index is 12.0. The molecule has 2 heterocycles. The number of carbonyl (C=O) groups is 1. The second kappa shape index (κ2) is 7.41. The maximum absolute atomic E-state index is 12.0. The van der Waals surface area contributed by atoms with Crippen LogP contribution in [0.1, 0.15) is 52.4 Å². The Balaban J connectivity index is 2.04. The Morgan fingerprint density at radius 1 is 1.05 bits per heavy atom. The number of rotatable bonds is 5. The summed E-state index contributed by atoms with van der Waals surface area (Å²) in [7, 11) is 0. The van der Waals surface area contributed by atoms with Gasteiger partial charge in [-0.25, -0.2) is 0 Å². The highest BCUT2D eigenvalue weighted by Gasteiger charge is 2.41. The number of hydrogen-bond donors (Lipinski definition) is 0. The maximum Gasteiger partial charge on any atom is 0.307 e. The van der Waals surface area contributed by atoms with Crippen molar-refractivity contribution in [1.29, 1.82) is 0 Å². The van der Waals surface area contributed by atoms with Crippen LogP contribution in [0.4, 0.5) is 0 Å². The molecule has 2 saturated heterocycles. The molecule has 0 bridgehead atoms. The lowest BCUT2D eigenvalue weighted by Gasteiger charge is -2.49. The van der Waals surface area contributed by atoms with Crippen molar-refractivity contribution < 1.29 is 9.53 Å². The molecule has 0 radical (unpaired) electrons. The van der Waals surface area contributed by atoms with E-state index in [0.29, 0.717) is 13.0 Å². The Morgan fingerprint density at radius 2 is 1.70 bits per heavy atom. The number of esters is 1. The molecule has 0 saturated carbocycles. The van der Waals surface area contributed by atoms with Crippen LogP contribution in [0.25, 0.3) is 0 Å². The van der Waals surface area contributed by atoms with Crippen molar-refractivity contribution >= 4 is 5.97 Å². The topological polar surface area (TPSA) is 32.8 Å². The smallest absolute Gasteiger partial charge is 0.307 e. The Bertz CT molecular complexity index is 306. The number of nitrogens with zero attached hydrogens (tertiary/aromatic N) is 2. The molecule has 0 aromatic heterocycles. The molecule has 0 spiro atoms. The van der Waals surface area contributed by atoms with Gasteiger partial charge < -0.3 is 9.64 Å². The summed E-state index contributed by atoms with van der Waals surface area (Å²) in [5.41, 5.74) is 0.0678. The van der Waals surface area contributed by atoms with E-state index in [9.17, 15) is 4.79 Å². The van der Waals surface area contributed by atoms with E-state index < -0.39 is 0 Å². The molecule has 4 nitrogen and oxygen atoms in total. The zero-order chi connectivity index (χ0) is 14.4. The minimum atomic E-state index is -0.0111. The number of piperidine rings is 2. The molecule has 2 fully saturated rings. The van der Waals surface area contributed by atoms with Crippen LogP contribution < -0.4 is 0 Å². The number of likely N-dealkylation sites (tertiary alicyclic amines) is 2. The summed E-state index contributed by atoms with van der Waals surface area (Å²) in [4.78, 5) is 17.1. The molecule has 2 aliphatic heterocycles. The van der Waals surface area contributed by atoms with E-state index in [0.717, 1.165) is 45.6 Å². The van der Waals surface area contributed by atoms with E-state index in [2.05, 4.69) is 16.7 Å². The minimum Gasteiger partial charge on any atom is -0.466 e. The lowest BCUT2D eigenvalue weighted by molar-refractivity contribution is -0.148. The van der Waals surface area contributed by atoms with Crippen LogP contribution in [-0.2, 0) is 9.53 Å². The summed E-state index contributed by atoms with van der Waals surface area (Å²) >= 11 is 0. The summed E-state index contributed by atoms with van der Waals surface area (Å²) in [6.07, 6.45) is 6.70. The second-order valence-corrected chi connectivity index (χ2v) is 6.19. The van der Waals surface area contributed by atoms with Gasteiger partial charge in [-0.15, -0.1) is 0 Å². The molecular formula is C16H30N2O2. The van der Waals surface area contributed by atoms with Crippen molar-refractivity contribution in [2.24, 2.45) is 0 Å². The average Bonchev–Trinajstić information content (AvgIpc) is 2.49. The molecule has 0 unspecified atom stereocenters. The molecule has 0 aromatic carbocycles. The van der Waals surface area contributed by atoms with Gasteiger partial charge in [-0.1, -0.05) is 13.3 Å². The molecule has 116 valence electrons. The fraction of sp³-hybridized carbons (Fsp3) is 0.938. The van der Waals surface area contributed by atoms with Crippen molar-refractivity contribution in [3.05, 3.63) is 0 Å². The lowest BCUT2D eigenvalue weighted by Crippen LogP contribution is -2.57. The predicted molar refractivity (Wildman–Crippen MR) is 80.8 cm³/mol. The molecule has 0 aromatic rings. The van der Waals surface area contributed by atoms with Gasteiger partial charge in [0, 0.05) is 5.54 Å². The van der Waals surface area contributed by atoms with E-state index in [1.807, 2.05) is 6.92 Å². The first-order valence-corrected chi connectivity index (χ1v) is 8.33. The first-order valence-electron chi connectivity index (χ1n) is 8.33. The lowest BCUT2D eigenvalue weighted by atomic mass is 9.81. The number of hydrogen-bond acceptors (Lipinski definition) is 4. The molecule has 0 amide bonds. The molecular weight excluding hydrogens is 252 g/mol. The summed E-state index contributed by atoms with van der Waals surface area (Å²) in [5.74, 6) is -0.0111. The largest absolute Gasteiger partial charge is 0.466 e. The monoisotopic (exact) mass is 282 g/mol. The van der Waals surface area contributed by atoms with Crippen molar-refractivity contribution in [2.45, 2.75) is 57.9 Å². The van der Waals surface area contributed by atoms with Gasteiger partial charge in [0.2, 0.25) is 0 Å². The van der Waals surface area contributed by atoms with E-state index in [-0.39, 0.29) is 11.5 Å². The average molecular weight is 282 g/mol. The highest BCUT2D eigenvalue weighted by atomic mass is 16.5. The van der Waals surface area contributed by atoms with Crippen LogP contribution in [0.5, 0.6) is 0 Å². The van der Waals surface area contributed by atoms with Gasteiger partial charge in [-0.3, -0.25) is 9.69 Å². The summed E-state index contributed by atoms with van der Waals surface area (Å²) in [6, 6.07) is 0. The van der Waals surface area contributed by atoms with Crippen molar-refractivity contribution in [1.82, 2.24) is 9.80 Å². The summed E-state index contributed by atoms with van der Waals surface area (Å²) < 4.78 is 5.23. The van der Waals surface area contributed by atoms with Gasteiger partial charge in [0.25, 0.3) is 0 Å². The molecule has 2 aliphatic rings. The minimum absolute atomic E-state index is 0.0111. The Morgan fingerprint density at radius 3 is 2.25 bits per heavy atom. The Labute approximate surface area is 123 Å². The van der Waals surface area contributed by atoms with Crippen molar-refractivity contribution in [3.8, 4) is 0 Å². The Kier molecular flexibility index (Phi) is 5.85. The van der Waals surface area contributed by atoms with Crippen LogP contribution >= 0.6 is 0 Å². The normalized spacial score (nSPS) is 24.5. The molecule has 4 heteroatoms. The van der Waals surface area contributed by atoms with Gasteiger partial charge in [0.15, 0.2) is 0 Å². The third-order valence-electron chi connectivity index (χ3n) is 5.04. The molecule has 20 heavy (non-hydrogen) atoms. The highest BCUT2D eigenvalue weighted by Crippen LogP contribution is 2.34. The van der Waals surface area contributed by atoms with Gasteiger partial charge in [0.05, 0.1) is 13.0 Å². The molecule has 2 rings (SSSR count). The van der Waals surface area contributed by atoms with E-state index in [1.165, 1.54) is 19.3 Å². The standard InChI is InChI=1S/C16H30N2O2/c1-3-17-12-8-16(9-13-17,14-15(19)20-4-2)18-10-6-5-7-11-18/h3-14H2,1-2H3. The van der Waals surface area contributed by atoms with Crippen LogP contribution in [0.15, 0.2) is 0 Å². The van der Waals surface area contributed by atoms with Gasteiger partial charge in [-0.05, 0) is 65.3 Å². The third-order valence-corrected chi connectivity index (χ3v) is 5.04. The van der Waals surface area contributed by atoms with Gasteiger partial charge in [0.1, 0.15) is 0 Å². The zero-order valence-corrected chi connectivity index (χ0v) is 13.2. The van der Waals surface area contributed by atoms with Crippen LogP contribution in [0, 0.1) is 0 Å². The van der Waals surface area contributed by atoms with Gasteiger partial charge >= 0.3 is 5.97 Å². The molecule has 0 aliphatic carbocycles. The fourth-order valence-electron chi connectivity index (χ4n) is 3.74. The van der Waals surface area contributed by atoms with E-state index in [1.54, 1.807) is 0 Å². The van der Waals surface area contributed by atoms with Crippen LogP contribution in [-0.4, -0.2) is 60.6 Å². The fourth-order valence-corrected chi connectivity index (χ4v) is 3.74. The quantitative estimate of drug-likeness (QED) is 0.724. The highest BCUT2D eigenvalue weighted by molar-refractivity contribution is 5.71. The number of carbonyl (C=O) groups excluding carboxylic acids is 1. The van der Waals surface area contributed by atoms with Crippen molar-refractivity contribution in [2.75, 3.05) is 39.3 Å². The predicted octanol–water partition coefficient (Wildman–Crippen LogP) is 2.28. The molecule has 0 N–H and O–H groups in total. The van der Waals surface area contributed by atoms with E-state index in [4.69, 9.17) is 4.74 Å². The van der Waals surface area contributed by atoms with Gasteiger partial charge in [-0.2, -0.15) is 0 Å². The first kappa shape index (κ1) is 15.8. The summed E-state index contributed by atoms with van der Waals surface area (Å²) in [5, 5.41) is 0. The SMILES string of the molecule is CCOC(=O)CC1(N2CCCCC2)CCN(CC)CC1. The van der Waals surface area contributed by atoms with E-state index >= 15 is 0 Å². The van der Waals surface area contributed by atoms with Crippen molar-refractivity contribution in [3.63, 3.8) is 0 Å². The molecule has 0 atom stereocenters. The summed E-state index contributed by atoms with van der Waals surface area (Å²) in [6.45, 7) is 10.3. The second-order valence-electron chi connectivity index (χ2n) is 6.19. The number of ether oxygens (including phenoxy) is 1. The third kappa shape index (κ3) is 3.73. The van der Waals surface area contributed by atoms with Crippen LogP contribution in [0.3, 0.4) is 0 Å². The zero-order valence-electron chi connectivity index (χ0n) is 13.2. The first-order chi connectivity index (χ1) is 9.70. The Hall–Kier alpha value is -0.610. The van der Waals surface area contributed by atoms with Crippen LogP contribution in [0.2, 0.25) is 0 Å².